The number of phenolic OH excluding ortho intramolecular Hbond substituents is 1. The summed E-state index contributed by atoms with van der Waals surface area (Å²) >= 11 is 6.14. The van der Waals surface area contributed by atoms with Gasteiger partial charge < -0.3 is 25.2 Å². The lowest BCUT2D eigenvalue weighted by atomic mass is 9.90. The van der Waals surface area contributed by atoms with Crippen molar-refractivity contribution in [3.63, 3.8) is 0 Å². The minimum atomic E-state index is -1.11. The van der Waals surface area contributed by atoms with E-state index in [4.69, 9.17) is 21.1 Å². The number of nitrogens with one attached hydrogen (secondary N) is 2. The lowest BCUT2D eigenvalue weighted by Crippen LogP contribution is -2.40. The number of hydrogen-bond donors (Lipinski definition) is 3. The molecule has 0 saturated heterocycles. The summed E-state index contributed by atoms with van der Waals surface area (Å²) in [5.41, 5.74) is 1.92. The zero-order valence-corrected chi connectivity index (χ0v) is 28.2. The number of carbonyl (C=O) groups excluding carboxylic acids is 2. The van der Waals surface area contributed by atoms with Gasteiger partial charge in [-0.25, -0.2) is 0 Å². The van der Waals surface area contributed by atoms with Crippen LogP contribution in [0.5, 0.6) is 17.2 Å². The van der Waals surface area contributed by atoms with Crippen molar-refractivity contribution in [2.24, 2.45) is 10.2 Å². The summed E-state index contributed by atoms with van der Waals surface area (Å²) in [6, 6.07) is 26.4. The number of carbonyl (C=O) groups is 2. The maximum absolute atomic E-state index is 14.0. The Hall–Kier alpha value is -5.41. The van der Waals surface area contributed by atoms with Gasteiger partial charge in [0, 0.05) is 33.8 Å². The van der Waals surface area contributed by atoms with Crippen molar-refractivity contribution < 1.29 is 24.2 Å². The Morgan fingerprint density at radius 2 is 1.52 bits per heavy atom. The highest BCUT2D eigenvalue weighted by molar-refractivity contribution is 6.30. The molecule has 0 aliphatic rings. The number of Topliss-reactive ketones (excluding diaryl/α,β-unsaturated/α-hetero) is 1. The first kappa shape index (κ1) is 33.9. The Morgan fingerprint density at radius 1 is 0.833 bits per heavy atom. The van der Waals surface area contributed by atoms with Gasteiger partial charge in [-0.15, -0.1) is 10.2 Å². The molecule has 5 aromatic rings. The number of ether oxygens (including phenoxy) is 2. The van der Waals surface area contributed by atoms with Crippen LogP contribution in [-0.2, 0) is 0 Å². The summed E-state index contributed by atoms with van der Waals surface area (Å²) in [6.45, 7) is 9.70. The Morgan fingerprint density at radius 3 is 2.23 bits per heavy atom. The van der Waals surface area contributed by atoms with Gasteiger partial charge in [-0.1, -0.05) is 54.1 Å². The van der Waals surface area contributed by atoms with Gasteiger partial charge in [0.1, 0.15) is 22.9 Å². The van der Waals surface area contributed by atoms with Crippen LogP contribution >= 0.6 is 11.6 Å². The third-order valence-corrected chi connectivity index (χ3v) is 7.88. The zero-order chi connectivity index (χ0) is 34.4. The molecule has 0 spiro atoms. The van der Waals surface area contributed by atoms with Gasteiger partial charge in [-0.05, 0) is 82.0 Å². The van der Waals surface area contributed by atoms with E-state index < -0.39 is 5.54 Å². The first-order valence-electron chi connectivity index (χ1n) is 15.6. The molecule has 0 aliphatic heterocycles. The maximum Gasteiger partial charge on any atom is 0.255 e. The van der Waals surface area contributed by atoms with E-state index in [-0.39, 0.29) is 28.7 Å². The number of aryl methyl sites for hydroxylation is 1. The number of amides is 1. The topological polar surface area (TPSA) is 122 Å². The van der Waals surface area contributed by atoms with Crippen LogP contribution in [-0.4, -0.2) is 35.5 Å². The van der Waals surface area contributed by atoms with Crippen LogP contribution in [0.3, 0.4) is 0 Å². The fourth-order valence-electron chi connectivity index (χ4n) is 5.25. The van der Waals surface area contributed by atoms with Gasteiger partial charge in [0.2, 0.25) is 0 Å². The predicted molar refractivity (Wildman–Crippen MR) is 191 cm³/mol. The molecule has 0 aromatic heterocycles. The Balaban J connectivity index is 1.55. The fourth-order valence-corrected chi connectivity index (χ4v) is 5.47. The van der Waals surface area contributed by atoms with Crippen molar-refractivity contribution in [1.82, 2.24) is 0 Å². The largest absolute Gasteiger partial charge is 0.505 e. The van der Waals surface area contributed by atoms with Crippen molar-refractivity contribution in [3.8, 4) is 17.2 Å². The number of halogens is 1. The zero-order valence-electron chi connectivity index (χ0n) is 27.4. The highest BCUT2D eigenvalue weighted by atomic mass is 35.5. The minimum absolute atomic E-state index is 0.0887. The summed E-state index contributed by atoms with van der Waals surface area (Å²) < 4.78 is 11.8. The second kappa shape index (κ2) is 14.6. The van der Waals surface area contributed by atoms with Crippen LogP contribution in [0.4, 0.5) is 22.7 Å². The number of aromatic hydroxyl groups is 1. The van der Waals surface area contributed by atoms with E-state index in [9.17, 15) is 14.7 Å². The highest BCUT2D eigenvalue weighted by Gasteiger charge is 2.32. The van der Waals surface area contributed by atoms with Crippen molar-refractivity contribution in [1.29, 1.82) is 0 Å². The number of ketones is 1. The summed E-state index contributed by atoms with van der Waals surface area (Å²) in [6.07, 6.45) is 0. The molecule has 10 heteroatoms. The molecular formula is C38H37ClN4O5. The van der Waals surface area contributed by atoms with Crippen molar-refractivity contribution in [2.75, 3.05) is 23.8 Å². The smallest absolute Gasteiger partial charge is 0.255 e. The van der Waals surface area contributed by atoms with Crippen LogP contribution < -0.4 is 20.1 Å². The molecule has 0 saturated carbocycles. The Labute approximate surface area is 284 Å². The van der Waals surface area contributed by atoms with E-state index in [0.717, 1.165) is 11.3 Å². The van der Waals surface area contributed by atoms with Crippen molar-refractivity contribution >= 4 is 56.8 Å². The van der Waals surface area contributed by atoms with Crippen LogP contribution in [0.1, 0.15) is 54.0 Å². The molecule has 246 valence electrons. The molecule has 0 unspecified atom stereocenters. The average molecular weight is 665 g/mol. The number of nitrogens with zero attached hydrogens (tertiary/aromatic N) is 2. The molecule has 0 bridgehead atoms. The maximum atomic E-state index is 14.0. The summed E-state index contributed by atoms with van der Waals surface area (Å²) in [5, 5.41) is 28.7. The molecule has 3 N–H and O–H groups in total. The quantitative estimate of drug-likeness (QED) is 0.0901. The summed E-state index contributed by atoms with van der Waals surface area (Å²) in [4.78, 5) is 27.0. The number of fused-ring (bicyclic) bond motifs is 1. The normalized spacial score (nSPS) is 11.5. The van der Waals surface area contributed by atoms with Crippen LogP contribution in [0.25, 0.3) is 10.8 Å². The van der Waals surface area contributed by atoms with Gasteiger partial charge in [-0.2, -0.15) is 0 Å². The molecule has 9 nitrogen and oxygen atoms in total. The predicted octanol–water partition coefficient (Wildman–Crippen LogP) is 10.0. The van der Waals surface area contributed by atoms with Crippen molar-refractivity contribution in [2.45, 2.75) is 40.2 Å². The van der Waals surface area contributed by atoms with E-state index >= 15 is 0 Å². The average Bonchev–Trinajstić information content (AvgIpc) is 3.07. The van der Waals surface area contributed by atoms with Crippen molar-refractivity contribution in [3.05, 3.63) is 113 Å². The number of rotatable bonds is 12. The number of phenols is 1. The van der Waals surface area contributed by atoms with E-state index in [2.05, 4.69) is 20.9 Å². The van der Waals surface area contributed by atoms with Crippen LogP contribution in [0.2, 0.25) is 5.02 Å². The molecule has 5 rings (SSSR count). The Bertz CT molecular complexity index is 2010. The summed E-state index contributed by atoms with van der Waals surface area (Å²) in [7, 11) is 0. The van der Waals surface area contributed by atoms with E-state index in [0.29, 0.717) is 57.4 Å². The minimum Gasteiger partial charge on any atom is -0.505 e. The molecule has 0 fully saturated rings. The molecular weight excluding hydrogens is 628 g/mol. The third kappa shape index (κ3) is 7.42. The van der Waals surface area contributed by atoms with Gasteiger partial charge in [0.05, 0.1) is 30.0 Å². The first-order valence-corrected chi connectivity index (χ1v) is 16.0. The van der Waals surface area contributed by atoms with Crippen LogP contribution in [0, 0.1) is 6.92 Å². The second-order valence-corrected chi connectivity index (χ2v) is 12.0. The molecule has 0 atom stereocenters. The SMILES string of the molecule is CCOc1cc(NC(=O)c2ccccc2)c(OCC)cc1N=Nc1c(O)c(C(=O)C(C)(C)Nc2ccc(Cl)cc2C)cc2ccccc12. The number of benzene rings is 5. The van der Waals surface area contributed by atoms with E-state index in [1.54, 1.807) is 68.4 Å². The summed E-state index contributed by atoms with van der Waals surface area (Å²) in [5.74, 6) is -0.256. The second-order valence-electron chi connectivity index (χ2n) is 11.6. The molecule has 0 radical (unpaired) electrons. The lowest BCUT2D eigenvalue weighted by Gasteiger charge is -2.28. The standard InChI is InChI=1S/C38H37ClN4O5/c1-6-47-32-22-31(33(48-7-2)21-30(32)40-37(46)24-13-9-8-10-14-24)42-43-34-27-16-12-11-15-25(27)20-28(35(34)44)36(45)38(4,5)41-29-18-17-26(39)19-23(29)3/h8-22,41,44H,6-7H2,1-5H3,(H,40,46). The fraction of sp³-hybridized carbons (Fsp3) is 0.211. The molecule has 48 heavy (non-hydrogen) atoms. The molecule has 5 aromatic carbocycles. The van der Waals surface area contributed by atoms with E-state index in [1.165, 1.54) is 0 Å². The van der Waals surface area contributed by atoms with Crippen LogP contribution in [0.15, 0.2) is 101 Å². The molecule has 0 heterocycles. The Kier molecular flexibility index (Phi) is 10.3. The van der Waals surface area contributed by atoms with Gasteiger partial charge in [0.25, 0.3) is 5.91 Å². The number of azo groups is 1. The van der Waals surface area contributed by atoms with Gasteiger partial charge in [-0.3, -0.25) is 9.59 Å². The first-order chi connectivity index (χ1) is 23.0. The number of hydrogen-bond acceptors (Lipinski definition) is 8. The number of anilines is 2. The van der Waals surface area contributed by atoms with Gasteiger partial charge >= 0.3 is 0 Å². The third-order valence-electron chi connectivity index (χ3n) is 7.65. The van der Waals surface area contributed by atoms with E-state index in [1.807, 2.05) is 57.2 Å². The molecule has 0 aliphatic carbocycles. The highest BCUT2D eigenvalue weighted by Crippen LogP contribution is 2.44. The monoisotopic (exact) mass is 664 g/mol. The molecule has 1 amide bonds. The van der Waals surface area contributed by atoms with Gasteiger partial charge in [0.15, 0.2) is 11.5 Å². The lowest BCUT2D eigenvalue weighted by molar-refractivity contribution is 0.0924.